The second kappa shape index (κ2) is 3.79. The average molecular weight is 201 g/mol. The molecule has 0 bridgehead atoms. The fourth-order valence-corrected chi connectivity index (χ4v) is 1.46. The van der Waals surface area contributed by atoms with Crippen molar-refractivity contribution < 1.29 is 0 Å². The summed E-state index contributed by atoms with van der Waals surface area (Å²) >= 11 is 8.77. The zero-order valence-corrected chi connectivity index (χ0v) is 9.25. The summed E-state index contributed by atoms with van der Waals surface area (Å²) in [6.07, 6.45) is 3.00. The van der Waals surface area contributed by atoms with Crippen LogP contribution in [0.5, 0.6) is 0 Å². The maximum absolute atomic E-state index is 4.52. The minimum absolute atomic E-state index is 0.00224. The molecule has 1 atom stereocenters. The summed E-state index contributed by atoms with van der Waals surface area (Å²) in [5, 5.41) is 0. The Morgan fingerprint density at radius 3 is 2.67 bits per heavy atom. The first kappa shape index (κ1) is 10.1. The fraction of sp³-hybridized carbons (Fsp3) is 0.556. The number of aromatic nitrogens is 1. The van der Waals surface area contributed by atoms with E-state index in [9.17, 15) is 0 Å². The first-order valence-corrected chi connectivity index (χ1v) is 5.08. The summed E-state index contributed by atoms with van der Waals surface area (Å²) in [6, 6.07) is 2.15. The number of aromatic amines is 1. The largest absolute Gasteiger partial charge is 0.365 e. The molecule has 0 saturated carbocycles. The van der Waals surface area contributed by atoms with Crippen molar-refractivity contribution in [2.75, 3.05) is 5.75 Å². The molecule has 0 radical (unpaired) electrons. The minimum Gasteiger partial charge on any atom is -0.365 e. The smallest absolute Gasteiger partial charge is 0.0230 e. The number of rotatable bonds is 3. The Kier molecular flexibility index (Phi) is 3.18. The molecule has 0 saturated heterocycles. The van der Waals surface area contributed by atoms with Gasteiger partial charge in [0.1, 0.15) is 0 Å². The highest BCUT2D eigenvalue weighted by Crippen LogP contribution is 2.21. The summed E-state index contributed by atoms with van der Waals surface area (Å²) < 4.78 is -0.00224. The Bertz CT molecular complexity index is 253. The predicted molar refractivity (Wildman–Crippen MR) is 60.5 cm³/mol. The topological polar surface area (TPSA) is 15.8 Å². The second-order valence-corrected chi connectivity index (χ2v) is 4.92. The van der Waals surface area contributed by atoms with Crippen molar-refractivity contribution in [3.8, 4) is 0 Å². The standard InChI is InChI=1S/C9H15NS2/c1-7-3-8(5-10-7)4-9(2,12)6-11/h3,5,10-12H,4,6H2,1-2H3/t9-/m1/s1. The van der Waals surface area contributed by atoms with Crippen LogP contribution in [0.25, 0.3) is 0 Å². The third-order valence-corrected chi connectivity index (χ3v) is 3.08. The maximum atomic E-state index is 4.52. The van der Waals surface area contributed by atoms with Crippen molar-refractivity contribution in [3.63, 3.8) is 0 Å². The van der Waals surface area contributed by atoms with E-state index in [4.69, 9.17) is 0 Å². The van der Waals surface area contributed by atoms with Crippen molar-refractivity contribution >= 4 is 25.3 Å². The van der Waals surface area contributed by atoms with Gasteiger partial charge in [-0.2, -0.15) is 25.3 Å². The number of thiol groups is 2. The zero-order chi connectivity index (χ0) is 9.19. The SMILES string of the molecule is Cc1cc(C[C@@](C)(S)CS)c[nH]1. The highest BCUT2D eigenvalue weighted by molar-refractivity contribution is 7.85. The summed E-state index contributed by atoms with van der Waals surface area (Å²) in [7, 11) is 0. The number of hydrogen-bond acceptors (Lipinski definition) is 2. The van der Waals surface area contributed by atoms with Crippen molar-refractivity contribution in [3.05, 3.63) is 23.5 Å². The fourth-order valence-electron chi connectivity index (χ4n) is 1.17. The van der Waals surface area contributed by atoms with E-state index in [-0.39, 0.29) is 4.75 Å². The molecule has 12 heavy (non-hydrogen) atoms. The van der Waals surface area contributed by atoms with E-state index < -0.39 is 0 Å². The highest BCUT2D eigenvalue weighted by Gasteiger charge is 2.17. The van der Waals surface area contributed by atoms with E-state index in [1.807, 2.05) is 6.20 Å². The lowest BCUT2D eigenvalue weighted by molar-refractivity contribution is 0.728. The van der Waals surface area contributed by atoms with Gasteiger partial charge in [-0.15, -0.1) is 0 Å². The van der Waals surface area contributed by atoms with Crippen LogP contribution < -0.4 is 0 Å². The second-order valence-electron chi connectivity index (χ2n) is 3.52. The van der Waals surface area contributed by atoms with Crippen LogP contribution in [0.3, 0.4) is 0 Å². The van der Waals surface area contributed by atoms with Gasteiger partial charge >= 0.3 is 0 Å². The average Bonchev–Trinajstić information content (AvgIpc) is 2.35. The first-order chi connectivity index (χ1) is 5.53. The van der Waals surface area contributed by atoms with Crippen LogP contribution in [0, 0.1) is 6.92 Å². The lowest BCUT2D eigenvalue weighted by Crippen LogP contribution is -2.21. The molecule has 1 nitrogen and oxygen atoms in total. The Morgan fingerprint density at radius 1 is 1.58 bits per heavy atom. The van der Waals surface area contributed by atoms with Gasteiger partial charge in [-0.3, -0.25) is 0 Å². The van der Waals surface area contributed by atoms with Gasteiger partial charge in [-0.05, 0) is 31.9 Å². The van der Waals surface area contributed by atoms with Crippen LogP contribution in [-0.4, -0.2) is 15.5 Å². The molecule has 0 spiro atoms. The van der Waals surface area contributed by atoms with Gasteiger partial charge < -0.3 is 4.98 Å². The predicted octanol–water partition coefficient (Wildman–Crippen LogP) is 2.48. The number of hydrogen-bond donors (Lipinski definition) is 3. The maximum Gasteiger partial charge on any atom is 0.0230 e. The van der Waals surface area contributed by atoms with Crippen LogP contribution in [0.15, 0.2) is 12.3 Å². The van der Waals surface area contributed by atoms with Crippen LogP contribution in [-0.2, 0) is 6.42 Å². The quantitative estimate of drug-likeness (QED) is 0.623. The van der Waals surface area contributed by atoms with E-state index in [1.54, 1.807) is 0 Å². The number of aryl methyl sites for hydroxylation is 1. The summed E-state index contributed by atoms with van der Waals surface area (Å²) in [5.74, 6) is 0.792. The third kappa shape index (κ3) is 2.79. The molecular formula is C9H15NS2. The van der Waals surface area contributed by atoms with E-state index in [2.05, 4.69) is 50.2 Å². The molecule has 0 aliphatic heterocycles. The first-order valence-electron chi connectivity index (χ1n) is 4.01. The summed E-state index contributed by atoms with van der Waals surface area (Å²) in [6.45, 7) is 4.16. The zero-order valence-electron chi connectivity index (χ0n) is 7.46. The van der Waals surface area contributed by atoms with Gasteiger partial charge in [0.05, 0.1) is 0 Å². The van der Waals surface area contributed by atoms with Crippen LogP contribution in [0.1, 0.15) is 18.2 Å². The van der Waals surface area contributed by atoms with Crippen LogP contribution >= 0.6 is 25.3 Å². The molecule has 1 N–H and O–H groups in total. The summed E-state index contributed by atoms with van der Waals surface area (Å²) in [4.78, 5) is 3.16. The van der Waals surface area contributed by atoms with Gasteiger partial charge in [-0.1, -0.05) is 0 Å². The molecular weight excluding hydrogens is 186 g/mol. The third-order valence-electron chi connectivity index (χ3n) is 1.81. The van der Waals surface area contributed by atoms with Crippen LogP contribution in [0.2, 0.25) is 0 Å². The molecule has 68 valence electrons. The highest BCUT2D eigenvalue weighted by atomic mass is 32.1. The Morgan fingerprint density at radius 2 is 2.25 bits per heavy atom. The molecule has 0 amide bonds. The van der Waals surface area contributed by atoms with E-state index in [0.29, 0.717) is 0 Å². The molecule has 0 aliphatic carbocycles. The molecule has 1 rings (SSSR count). The Balaban J connectivity index is 2.63. The van der Waals surface area contributed by atoms with Gasteiger partial charge in [-0.25, -0.2) is 0 Å². The van der Waals surface area contributed by atoms with Gasteiger partial charge in [0.2, 0.25) is 0 Å². The van der Waals surface area contributed by atoms with Gasteiger partial charge in [0, 0.05) is 22.4 Å². The lowest BCUT2D eigenvalue weighted by Gasteiger charge is -2.19. The molecule has 1 heterocycles. The van der Waals surface area contributed by atoms with Gasteiger partial charge in [0.25, 0.3) is 0 Å². The number of nitrogens with one attached hydrogen (secondary N) is 1. The van der Waals surface area contributed by atoms with E-state index >= 15 is 0 Å². The monoisotopic (exact) mass is 201 g/mol. The lowest BCUT2D eigenvalue weighted by atomic mass is 10.0. The Labute approximate surface area is 84.8 Å². The molecule has 1 aromatic rings. The van der Waals surface area contributed by atoms with Gasteiger partial charge in [0.15, 0.2) is 0 Å². The molecule has 0 aliphatic rings. The molecule has 1 aromatic heterocycles. The molecule has 0 fully saturated rings. The molecule has 0 aromatic carbocycles. The number of H-pyrrole nitrogens is 1. The van der Waals surface area contributed by atoms with Crippen molar-refractivity contribution in [2.24, 2.45) is 0 Å². The molecule has 3 heteroatoms. The normalized spacial score (nSPS) is 16.0. The van der Waals surface area contributed by atoms with Crippen molar-refractivity contribution in [1.82, 2.24) is 4.98 Å². The minimum atomic E-state index is -0.00224. The van der Waals surface area contributed by atoms with E-state index in [1.165, 1.54) is 11.3 Å². The summed E-state index contributed by atoms with van der Waals surface area (Å²) in [5.41, 5.74) is 2.51. The van der Waals surface area contributed by atoms with Crippen molar-refractivity contribution in [1.29, 1.82) is 0 Å². The Hall–Kier alpha value is -0.0200. The molecule has 0 unspecified atom stereocenters. The van der Waals surface area contributed by atoms with Crippen LogP contribution in [0.4, 0.5) is 0 Å². The van der Waals surface area contributed by atoms with Crippen molar-refractivity contribution in [2.45, 2.75) is 25.0 Å². The van der Waals surface area contributed by atoms with E-state index in [0.717, 1.165) is 12.2 Å².